The first kappa shape index (κ1) is 30.3. The van der Waals surface area contributed by atoms with Crippen LogP contribution in [0.15, 0.2) is 42.6 Å². The number of ether oxygens (including phenoxy) is 2. The number of methoxy groups -OCH3 is 2. The van der Waals surface area contributed by atoms with Crippen molar-refractivity contribution in [3.63, 3.8) is 0 Å². The first-order chi connectivity index (χ1) is 22.7. The molecule has 8 bridgehead atoms. The summed E-state index contributed by atoms with van der Waals surface area (Å²) in [7, 11) is 2.82. The third-order valence-electron chi connectivity index (χ3n) is 9.71. The lowest BCUT2D eigenvalue weighted by molar-refractivity contribution is -0.141. The zero-order valence-electron chi connectivity index (χ0n) is 27.6. The maximum Gasteiger partial charge on any atom is 0.305 e. The minimum Gasteiger partial charge on any atom is -0.469 e. The molecule has 9 heteroatoms. The number of aryl methyl sites for hydroxylation is 4. The van der Waals surface area contributed by atoms with Gasteiger partial charge in [-0.3, -0.25) is 14.6 Å². The molecule has 0 fully saturated rings. The van der Waals surface area contributed by atoms with E-state index in [0.717, 1.165) is 94.9 Å². The lowest BCUT2D eigenvalue weighted by Gasteiger charge is -2.05. The Labute approximate surface area is 271 Å². The summed E-state index contributed by atoms with van der Waals surface area (Å²) in [6, 6.07) is 12.5. The van der Waals surface area contributed by atoms with E-state index in [9.17, 15) is 9.59 Å². The van der Waals surface area contributed by atoms with Crippen LogP contribution in [-0.2, 0) is 31.9 Å². The fraction of sp³-hybridized carbons (Fsp3) is 0.289. The van der Waals surface area contributed by atoms with Gasteiger partial charge in [0.2, 0.25) is 0 Å². The molecule has 2 N–H and O–H groups in total. The number of nitrogens with zero attached hydrogens (tertiary/aromatic N) is 3. The van der Waals surface area contributed by atoms with Crippen LogP contribution in [-0.4, -0.2) is 51.1 Å². The summed E-state index contributed by atoms with van der Waals surface area (Å²) in [5, 5.41) is 2.96. The SMILES string of the molecule is CCc1c(C)c2cc3nc4c(ccc5nccc3c54)c3nc(cc4[nH]c(cc1[nH]2)c(C)c4CCC(=O)OC)C(CCC(=O)OC)=C3C. The van der Waals surface area contributed by atoms with E-state index < -0.39 is 0 Å². The standard InChI is InChI=1S/C38H37N5O4/c1-7-22-19(2)28-17-33-25-14-15-39-27-11-8-26(38(43-33)36(25)27)37-21(4)24(10-13-35(45)47-6)32(42-37)18-31-23(9-12-34(44)46-5)20(3)29(41-31)16-30(22)40-28/h8,11,14-18,40-41H,7,9-10,12-13H2,1-6H3. The van der Waals surface area contributed by atoms with Crippen molar-refractivity contribution in [1.82, 2.24) is 24.9 Å². The summed E-state index contributed by atoms with van der Waals surface area (Å²) in [6.45, 7) is 8.46. The number of pyridine rings is 1. The number of hydrogen-bond donors (Lipinski definition) is 2. The Morgan fingerprint density at radius 3 is 2.15 bits per heavy atom. The van der Waals surface area contributed by atoms with Gasteiger partial charge in [0.25, 0.3) is 0 Å². The molecule has 6 heterocycles. The van der Waals surface area contributed by atoms with Crippen molar-refractivity contribution >= 4 is 77.9 Å². The third-order valence-corrected chi connectivity index (χ3v) is 9.71. The number of nitrogens with one attached hydrogen (secondary N) is 2. The predicted octanol–water partition coefficient (Wildman–Crippen LogP) is 7.90. The summed E-state index contributed by atoms with van der Waals surface area (Å²) in [5.41, 5.74) is 14.5. The summed E-state index contributed by atoms with van der Waals surface area (Å²) < 4.78 is 9.98. The van der Waals surface area contributed by atoms with E-state index >= 15 is 0 Å². The largest absolute Gasteiger partial charge is 0.469 e. The normalized spacial score (nSPS) is 12.6. The van der Waals surface area contributed by atoms with Crippen molar-refractivity contribution in [3.05, 3.63) is 76.2 Å². The first-order valence-electron chi connectivity index (χ1n) is 16.0. The summed E-state index contributed by atoms with van der Waals surface area (Å²) in [4.78, 5) is 47.1. The molecule has 9 nitrogen and oxygen atoms in total. The fourth-order valence-electron chi connectivity index (χ4n) is 7.09. The lowest BCUT2D eigenvalue weighted by Crippen LogP contribution is -2.02. The highest BCUT2D eigenvalue weighted by Crippen LogP contribution is 2.40. The van der Waals surface area contributed by atoms with Crippen molar-refractivity contribution in [3.8, 4) is 0 Å². The zero-order chi connectivity index (χ0) is 33.0. The molecule has 0 saturated heterocycles. The van der Waals surface area contributed by atoms with Gasteiger partial charge in [-0.1, -0.05) is 6.92 Å². The van der Waals surface area contributed by atoms with E-state index in [1.807, 2.05) is 30.5 Å². The number of esters is 2. The van der Waals surface area contributed by atoms with Crippen LogP contribution in [0, 0.1) is 13.8 Å². The smallest absolute Gasteiger partial charge is 0.305 e. The molecule has 0 radical (unpaired) electrons. The average molecular weight is 628 g/mol. The molecular formula is C38H37N5O4. The number of aromatic nitrogens is 5. The maximum atomic E-state index is 12.3. The van der Waals surface area contributed by atoms with Gasteiger partial charge in [-0.25, -0.2) is 9.97 Å². The van der Waals surface area contributed by atoms with Gasteiger partial charge in [-0.05, 0) is 110 Å². The third kappa shape index (κ3) is 5.06. The molecule has 1 aromatic carbocycles. The Kier molecular flexibility index (Phi) is 7.62. The van der Waals surface area contributed by atoms with Gasteiger partial charge in [0.15, 0.2) is 0 Å². The van der Waals surface area contributed by atoms with Crippen LogP contribution in [0.3, 0.4) is 0 Å². The second-order valence-electron chi connectivity index (χ2n) is 12.2. The Bertz CT molecular complexity index is 2400. The van der Waals surface area contributed by atoms with E-state index in [0.29, 0.717) is 12.8 Å². The number of rotatable bonds is 7. The van der Waals surface area contributed by atoms with Crippen molar-refractivity contribution < 1.29 is 19.1 Å². The molecule has 5 aromatic heterocycles. The van der Waals surface area contributed by atoms with Crippen LogP contribution in [0.5, 0.6) is 0 Å². The molecule has 1 aliphatic heterocycles. The summed E-state index contributed by atoms with van der Waals surface area (Å²) in [6.07, 6.45) is 4.14. The van der Waals surface area contributed by atoms with E-state index in [2.05, 4.69) is 54.8 Å². The van der Waals surface area contributed by atoms with Crippen LogP contribution >= 0.6 is 0 Å². The average Bonchev–Trinajstić information content (AvgIpc) is 3.77. The molecule has 0 saturated carbocycles. The highest BCUT2D eigenvalue weighted by atomic mass is 16.5. The second kappa shape index (κ2) is 11.8. The van der Waals surface area contributed by atoms with Gasteiger partial charge in [-0.2, -0.15) is 0 Å². The van der Waals surface area contributed by atoms with Crippen LogP contribution in [0.2, 0.25) is 0 Å². The number of carbonyl (C=O) groups is 2. The highest BCUT2D eigenvalue weighted by Gasteiger charge is 2.23. The van der Waals surface area contributed by atoms with Crippen LogP contribution in [0.25, 0.3) is 65.9 Å². The summed E-state index contributed by atoms with van der Waals surface area (Å²) in [5.74, 6) is -0.542. The Balaban J connectivity index is 1.65. The van der Waals surface area contributed by atoms with Gasteiger partial charge in [0.05, 0.1) is 42.2 Å². The summed E-state index contributed by atoms with van der Waals surface area (Å²) >= 11 is 0. The van der Waals surface area contributed by atoms with Crippen molar-refractivity contribution in [2.45, 2.75) is 59.8 Å². The quantitative estimate of drug-likeness (QED) is 0.173. The zero-order valence-corrected chi connectivity index (χ0v) is 27.6. The number of hydrogen-bond acceptors (Lipinski definition) is 7. The van der Waals surface area contributed by atoms with Crippen LogP contribution in [0.4, 0.5) is 0 Å². The Hall–Kier alpha value is -5.31. The molecular weight excluding hydrogens is 590 g/mol. The lowest BCUT2D eigenvalue weighted by atomic mass is 9.98. The Morgan fingerprint density at radius 1 is 0.745 bits per heavy atom. The molecule has 0 amide bonds. The van der Waals surface area contributed by atoms with Gasteiger partial charge < -0.3 is 19.4 Å². The molecule has 1 aliphatic rings. The molecule has 6 aromatic rings. The number of aromatic amines is 2. The number of fused-ring (bicyclic) bond motifs is 9. The van der Waals surface area contributed by atoms with E-state index in [-0.39, 0.29) is 24.8 Å². The van der Waals surface area contributed by atoms with Gasteiger partial charge in [-0.15, -0.1) is 0 Å². The molecule has 238 valence electrons. The molecule has 47 heavy (non-hydrogen) atoms. The van der Waals surface area contributed by atoms with Crippen molar-refractivity contribution in [2.24, 2.45) is 0 Å². The predicted molar refractivity (Wildman–Crippen MR) is 187 cm³/mol. The molecule has 7 rings (SSSR count). The number of H-pyrrole nitrogens is 2. The van der Waals surface area contributed by atoms with Gasteiger partial charge in [0, 0.05) is 57.3 Å². The topological polar surface area (TPSA) is 123 Å². The fourth-order valence-corrected chi connectivity index (χ4v) is 7.09. The highest BCUT2D eigenvalue weighted by molar-refractivity contribution is 6.21. The molecule has 0 unspecified atom stereocenters. The van der Waals surface area contributed by atoms with Gasteiger partial charge >= 0.3 is 11.9 Å². The Morgan fingerprint density at radius 2 is 1.43 bits per heavy atom. The van der Waals surface area contributed by atoms with Crippen molar-refractivity contribution in [2.75, 3.05) is 14.2 Å². The van der Waals surface area contributed by atoms with Crippen LogP contribution in [0.1, 0.15) is 66.8 Å². The van der Waals surface area contributed by atoms with E-state index in [1.54, 1.807) is 0 Å². The number of allylic oxidation sites excluding steroid dienone is 2. The molecule has 0 spiro atoms. The van der Waals surface area contributed by atoms with E-state index in [1.165, 1.54) is 25.3 Å². The monoisotopic (exact) mass is 627 g/mol. The minimum atomic E-state index is -0.278. The first-order valence-corrected chi connectivity index (χ1v) is 16.0. The maximum absolute atomic E-state index is 12.3. The van der Waals surface area contributed by atoms with Gasteiger partial charge in [0.1, 0.15) is 0 Å². The minimum absolute atomic E-state index is 0.227. The molecule has 0 aliphatic carbocycles. The number of carbonyl (C=O) groups excluding carboxylic acids is 2. The van der Waals surface area contributed by atoms with Crippen LogP contribution < -0.4 is 0 Å². The van der Waals surface area contributed by atoms with E-state index in [4.69, 9.17) is 19.4 Å². The second-order valence-corrected chi connectivity index (χ2v) is 12.2. The number of benzene rings is 1. The van der Waals surface area contributed by atoms with Crippen molar-refractivity contribution in [1.29, 1.82) is 0 Å². The molecule has 0 atom stereocenters.